The van der Waals surface area contributed by atoms with Crippen LogP contribution in [0, 0.1) is 0 Å². The van der Waals surface area contributed by atoms with Crippen LogP contribution >= 0.6 is 0 Å². The van der Waals surface area contributed by atoms with Crippen LogP contribution in [0.15, 0.2) is 24.3 Å². The lowest BCUT2D eigenvalue weighted by atomic mass is 10.00. The fourth-order valence-electron chi connectivity index (χ4n) is 3.59. The van der Waals surface area contributed by atoms with Crippen LogP contribution in [0.5, 0.6) is 0 Å². The Balaban J connectivity index is 1.81. The van der Waals surface area contributed by atoms with Crippen LogP contribution in [0.3, 0.4) is 0 Å². The van der Waals surface area contributed by atoms with E-state index in [9.17, 15) is 4.79 Å². The van der Waals surface area contributed by atoms with E-state index < -0.39 is 0 Å². The number of hydrogen-bond donors (Lipinski definition) is 1. The third-order valence-corrected chi connectivity index (χ3v) is 5.27. The van der Waals surface area contributed by atoms with Crippen LogP contribution in [0.25, 0.3) is 0 Å². The molecule has 24 heavy (non-hydrogen) atoms. The molecule has 1 N–H and O–H groups in total. The molecular formula is C19H30N4O. The summed E-state index contributed by atoms with van der Waals surface area (Å²) >= 11 is 0. The van der Waals surface area contributed by atoms with E-state index in [1.807, 2.05) is 0 Å². The summed E-state index contributed by atoms with van der Waals surface area (Å²) in [7, 11) is 2.12. The van der Waals surface area contributed by atoms with Gasteiger partial charge in [0.2, 0.25) is 5.91 Å². The van der Waals surface area contributed by atoms with Gasteiger partial charge in [-0.3, -0.25) is 9.69 Å². The number of benzene rings is 1. The minimum Gasteiger partial charge on any atom is -0.338 e. The Morgan fingerprint density at radius 2 is 1.67 bits per heavy atom. The molecule has 132 valence electrons. The number of rotatable bonds is 4. The summed E-state index contributed by atoms with van der Waals surface area (Å²) in [6.07, 6.45) is 1.03. The van der Waals surface area contributed by atoms with E-state index in [4.69, 9.17) is 0 Å². The Morgan fingerprint density at radius 1 is 1.04 bits per heavy atom. The number of amides is 1. The average Bonchev–Trinajstić information content (AvgIpc) is 2.64. The van der Waals surface area contributed by atoms with Gasteiger partial charge in [-0.1, -0.05) is 31.2 Å². The summed E-state index contributed by atoms with van der Waals surface area (Å²) in [5.41, 5.74) is 2.46. The second kappa shape index (κ2) is 8.10. The number of aryl methyl sites for hydroxylation is 1. The fourth-order valence-corrected chi connectivity index (χ4v) is 3.59. The molecule has 1 aromatic rings. The van der Waals surface area contributed by atoms with Gasteiger partial charge < -0.3 is 15.1 Å². The number of carbonyl (C=O) groups excluding carboxylic acids is 1. The van der Waals surface area contributed by atoms with Gasteiger partial charge in [0.05, 0.1) is 0 Å². The minimum absolute atomic E-state index is 0.138. The highest BCUT2D eigenvalue weighted by Crippen LogP contribution is 2.25. The second-order valence-corrected chi connectivity index (χ2v) is 6.91. The zero-order valence-corrected chi connectivity index (χ0v) is 15.0. The average molecular weight is 330 g/mol. The van der Waals surface area contributed by atoms with Crippen LogP contribution in [0.4, 0.5) is 0 Å². The summed E-state index contributed by atoms with van der Waals surface area (Å²) in [5, 5.41) is 3.39. The highest BCUT2D eigenvalue weighted by molar-refractivity contribution is 5.83. The maximum Gasteiger partial charge on any atom is 0.244 e. The summed E-state index contributed by atoms with van der Waals surface area (Å²) in [6, 6.07) is 8.50. The van der Waals surface area contributed by atoms with E-state index in [0.29, 0.717) is 0 Å². The quantitative estimate of drug-likeness (QED) is 0.893. The third-order valence-electron chi connectivity index (χ3n) is 5.27. The SMILES string of the molecule is CCc1ccc(C(C(=O)N2CCN(C)CC2)N2CCNCC2)cc1. The van der Waals surface area contributed by atoms with E-state index in [1.54, 1.807) is 0 Å². The molecule has 5 heteroatoms. The normalized spacial score (nSPS) is 21.7. The van der Waals surface area contributed by atoms with Crippen LogP contribution in [0.1, 0.15) is 24.1 Å². The largest absolute Gasteiger partial charge is 0.338 e. The first-order valence-electron chi connectivity index (χ1n) is 9.20. The van der Waals surface area contributed by atoms with E-state index >= 15 is 0 Å². The van der Waals surface area contributed by atoms with Crippen molar-refractivity contribution < 1.29 is 4.79 Å². The van der Waals surface area contributed by atoms with Gasteiger partial charge in [-0.15, -0.1) is 0 Å². The van der Waals surface area contributed by atoms with Gasteiger partial charge >= 0.3 is 0 Å². The molecule has 2 aliphatic heterocycles. The van der Waals surface area contributed by atoms with E-state index in [2.05, 4.69) is 58.3 Å². The maximum absolute atomic E-state index is 13.3. The molecule has 0 saturated carbocycles. The van der Waals surface area contributed by atoms with Crippen molar-refractivity contribution in [2.75, 3.05) is 59.4 Å². The molecule has 0 bridgehead atoms. The Kier molecular flexibility index (Phi) is 5.87. The van der Waals surface area contributed by atoms with Crippen molar-refractivity contribution >= 4 is 5.91 Å². The molecule has 2 aliphatic rings. The number of nitrogens with zero attached hydrogens (tertiary/aromatic N) is 3. The second-order valence-electron chi connectivity index (χ2n) is 6.91. The van der Waals surface area contributed by atoms with Crippen molar-refractivity contribution in [3.8, 4) is 0 Å². The Labute approximate surface area is 145 Å². The van der Waals surface area contributed by atoms with E-state index in [0.717, 1.165) is 64.3 Å². The maximum atomic E-state index is 13.3. The number of hydrogen-bond acceptors (Lipinski definition) is 4. The van der Waals surface area contributed by atoms with E-state index in [1.165, 1.54) is 5.56 Å². The lowest BCUT2D eigenvalue weighted by molar-refractivity contribution is -0.139. The molecule has 0 aromatic heterocycles. The van der Waals surface area contributed by atoms with Gasteiger partial charge in [-0.25, -0.2) is 0 Å². The number of nitrogens with one attached hydrogen (secondary N) is 1. The van der Waals surface area contributed by atoms with Crippen molar-refractivity contribution in [2.24, 2.45) is 0 Å². The molecule has 1 amide bonds. The standard InChI is InChI=1S/C19H30N4O/c1-3-16-4-6-17(7-5-16)18(22-10-8-20-9-11-22)19(24)23-14-12-21(2)13-15-23/h4-7,18,20H,3,8-15H2,1-2H3. The van der Waals surface area contributed by atoms with Crippen molar-refractivity contribution in [3.63, 3.8) is 0 Å². The van der Waals surface area contributed by atoms with Crippen molar-refractivity contribution in [1.29, 1.82) is 0 Å². The van der Waals surface area contributed by atoms with Crippen LogP contribution in [-0.2, 0) is 11.2 Å². The van der Waals surface area contributed by atoms with Crippen LogP contribution in [0.2, 0.25) is 0 Å². The van der Waals surface area contributed by atoms with Crippen LogP contribution < -0.4 is 5.32 Å². The number of carbonyl (C=O) groups is 1. The van der Waals surface area contributed by atoms with Crippen molar-refractivity contribution in [1.82, 2.24) is 20.0 Å². The first-order valence-corrected chi connectivity index (χ1v) is 9.20. The van der Waals surface area contributed by atoms with Crippen LogP contribution in [-0.4, -0.2) is 80.0 Å². The monoisotopic (exact) mass is 330 g/mol. The summed E-state index contributed by atoms with van der Waals surface area (Å²) in [4.78, 5) is 20.0. The Hall–Kier alpha value is -1.43. The predicted molar refractivity (Wildman–Crippen MR) is 97.1 cm³/mol. The molecular weight excluding hydrogens is 300 g/mol. The van der Waals surface area contributed by atoms with Gasteiger partial charge in [-0.05, 0) is 24.6 Å². The summed E-state index contributed by atoms with van der Waals surface area (Å²) in [5.74, 6) is 0.272. The Bertz CT molecular complexity index is 531. The lowest BCUT2D eigenvalue weighted by Crippen LogP contribution is -2.53. The molecule has 2 fully saturated rings. The van der Waals surface area contributed by atoms with Gasteiger partial charge in [0.1, 0.15) is 6.04 Å². The number of piperazine rings is 2. The van der Waals surface area contributed by atoms with Gasteiger partial charge in [0, 0.05) is 52.4 Å². The van der Waals surface area contributed by atoms with Gasteiger partial charge in [0.25, 0.3) is 0 Å². The molecule has 3 rings (SSSR count). The summed E-state index contributed by atoms with van der Waals surface area (Å²) in [6.45, 7) is 9.55. The fraction of sp³-hybridized carbons (Fsp3) is 0.632. The molecule has 0 radical (unpaired) electrons. The zero-order valence-electron chi connectivity index (χ0n) is 15.0. The van der Waals surface area contributed by atoms with Gasteiger partial charge in [0.15, 0.2) is 0 Å². The molecule has 2 heterocycles. The molecule has 0 aliphatic carbocycles. The minimum atomic E-state index is -0.138. The first-order chi connectivity index (χ1) is 11.7. The molecule has 0 spiro atoms. The number of likely N-dealkylation sites (N-methyl/N-ethyl adjacent to an activating group) is 1. The predicted octanol–water partition coefficient (Wildman–Crippen LogP) is 0.969. The molecule has 1 atom stereocenters. The topological polar surface area (TPSA) is 38.8 Å². The van der Waals surface area contributed by atoms with Crippen molar-refractivity contribution in [2.45, 2.75) is 19.4 Å². The summed E-state index contributed by atoms with van der Waals surface area (Å²) < 4.78 is 0. The molecule has 5 nitrogen and oxygen atoms in total. The van der Waals surface area contributed by atoms with E-state index in [-0.39, 0.29) is 11.9 Å². The first kappa shape index (κ1) is 17.4. The Morgan fingerprint density at radius 3 is 2.25 bits per heavy atom. The highest BCUT2D eigenvalue weighted by Gasteiger charge is 2.33. The van der Waals surface area contributed by atoms with Crippen molar-refractivity contribution in [3.05, 3.63) is 35.4 Å². The smallest absolute Gasteiger partial charge is 0.244 e. The zero-order chi connectivity index (χ0) is 16.9. The highest BCUT2D eigenvalue weighted by atomic mass is 16.2. The molecule has 1 aromatic carbocycles. The lowest BCUT2D eigenvalue weighted by Gasteiger charge is -2.39. The van der Waals surface area contributed by atoms with Gasteiger partial charge in [-0.2, -0.15) is 0 Å². The molecule has 1 unspecified atom stereocenters. The molecule has 2 saturated heterocycles. The third kappa shape index (κ3) is 3.97.